The fourth-order valence-electron chi connectivity index (χ4n) is 2.16. The van der Waals surface area contributed by atoms with Gasteiger partial charge in [-0.05, 0) is 44.0 Å². The van der Waals surface area contributed by atoms with Gasteiger partial charge >= 0.3 is 0 Å². The van der Waals surface area contributed by atoms with Crippen LogP contribution in [0.15, 0.2) is 12.1 Å². The Bertz CT molecular complexity index is 478. The summed E-state index contributed by atoms with van der Waals surface area (Å²) in [4.78, 5) is 5.57. The molecule has 1 aromatic rings. The van der Waals surface area contributed by atoms with E-state index in [2.05, 4.69) is 22.9 Å². The van der Waals surface area contributed by atoms with Gasteiger partial charge in [-0.25, -0.2) is 0 Å². The predicted molar refractivity (Wildman–Crippen MR) is 70.0 cm³/mol. The lowest BCUT2D eigenvalue weighted by molar-refractivity contribution is 0.183. The van der Waals surface area contributed by atoms with E-state index in [4.69, 9.17) is 17.5 Å². The maximum absolute atomic E-state index is 8.81. The third-order valence-corrected chi connectivity index (χ3v) is 3.68. The Kier molecular flexibility index (Phi) is 3.93. The molecule has 2 rings (SSSR count). The smallest absolute Gasteiger partial charge is 0.121 e. The quantitative estimate of drug-likeness (QED) is 0.817. The molecule has 0 aliphatic carbocycles. The van der Waals surface area contributed by atoms with Crippen LogP contribution in [0.4, 0.5) is 0 Å². The minimum atomic E-state index is 0.551. The third kappa shape index (κ3) is 3.15. The number of rotatable bonds is 2. The number of nitriles is 1. The zero-order valence-corrected chi connectivity index (χ0v) is 10.9. The molecule has 3 nitrogen and oxygen atoms in total. The molecule has 0 radical (unpaired) electrons. The summed E-state index contributed by atoms with van der Waals surface area (Å²) in [5.74, 6) is 0.853. The Morgan fingerprint density at radius 1 is 1.47 bits per heavy atom. The monoisotopic (exact) mass is 247 g/mol. The van der Waals surface area contributed by atoms with Crippen molar-refractivity contribution in [2.45, 2.75) is 26.3 Å². The summed E-state index contributed by atoms with van der Waals surface area (Å²) >= 11 is 5.13. The number of nitrogens with zero attached hydrogens (tertiary/aromatic N) is 2. The van der Waals surface area contributed by atoms with Crippen LogP contribution in [0.5, 0.6) is 0 Å². The lowest BCUT2D eigenvalue weighted by atomic mass is 9.99. The van der Waals surface area contributed by atoms with E-state index in [1.807, 2.05) is 6.07 Å². The number of H-pyrrole nitrogens is 1. The fourth-order valence-corrected chi connectivity index (χ4v) is 2.40. The zero-order chi connectivity index (χ0) is 12.3. The van der Waals surface area contributed by atoms with Crippen LogP contribution in [0.1, 0.15) is 31.0 Å². The van der Waals surface area contributed by atoms with Crippen LogP contribution < -0.4 is 0 Å². The summed E-state index contributed by atoms with van der Waals surface area (Å²) in [5.41, 5.74) is 1.65. The van der Waals surface area contributed by atoms with Gasteiger partial charge in [0, 0.05) is 12.2 Å². The highest BCUT2D eigenvalue weighted by molar-refractivity contribution is 7.71. The molecule has 1 N–H and O–H groups in total. The van der Waals surface area contributed by atoms with Crippen molar-refractivity contribution >= 4 is 12.2 Å². The Hall–Kier alpha value is -1.18. The molecule has 17 heavy (non-hydrogen) atoms. The van der Waals surface area contributed by atoms with E-state index in [-0.39, 0.29) is 0 Å². The molecule has 0 amide bonds. The van der Waals surface area contributed by atoms with Crippen molar-refractivity contribution in [3.63, 3.8) is 0 Å². The average Bonchev–Trinajstić information content (AvgIpc) is 2.32. The molecule has 0 saturated carbocycles. The highest BCUT2D eigenvalue weighted by atomic mass is 32.1. The molecule has 0 bridgehead atoms. The lowest BCUT2D eigenvalue weighted by Crippen LogP contribution is -2.32. The molecule has 0 spiro atoms. The Morgan fingerprint density at radius 3 is 2.76 bits per heavy atom. The highest BCUT2D eigenvalue weighted by Gasteiger charge is 2.15. The minimum absolute atomic E-state index is 0.551. The Labute approximate surface area is 107 Å². The summed E-state index contributed by atoms with van der Waals surface area (Å²) in [5, 5.41) is 8.81. The normalized spacial score (nSPS) is 17.9. The first-order chi connectivity index (χ1) is 8.19. The van der Waals surface area contributed by atoms with Gasteiger partial charge in [-0.1, -0.05) is 19.1 Å². The van der Waals surface area contributed by atoms with Gasteiger partial charge in [0.15, 0.2) is 0 Å². The first kappa shape index (κ1) is 12.3. The standard InChI is InChI=1S/C13H17N3S/c1-10-4-6-16(7-5-10)9-12-3-2-11(8-14)13(17)15-12/h2-3,10H,4-7,9H2,1H3,(H,15,17). The van der Waals surface area contributed by atoms with E-state index < -0.39 is 0 Å². The van der Waals surface area contributed by atoms with Gasteiger partial charge in [0.05, 0.1) is 5.56 Å². The summed E-state index contributed by atoms with van der Waals surface area (Å²) in [6, 6.07) is 5.85. The fraction of sp³-hybridized carbons (Fsp3) is 0.538. The van der Waals surface area contributed by atoms with Crippen molar-refractivity contribution in [1.82, 2.24) is 9.88 Å². The van der Waals surface area contributed by atoms with Gasteiger partial charge in [-0.15, -0.1) is 0 Å². The maximum atomic E-state index is 8.81. The summed E-state index contributed by atoms with van der Waals surface area (Å²) in [7, 11) is 0. The minimum Gasteiger partial charge on any atom is -0.348 e. The van der Waals surface area contributed by atoms with Crippen molar-refractivity contribution in [3.05, 3.63) is 28.0 Å². The SMILES string of the molecule is CC1CCN(Cc2ccc(C#N)c(=S)[nH]2)CC1. The average molecular weight is 247 g/mol. The molecular formula is C13H17N3S. The molecule has 1 saturated heterocycles. The van der Waals surface area contributed by atoms with E-state index in [9.17, 15) is 0 Å². The predicted octanol–water partition coefficient (Wildman–Crippen LogP) is 2.85. The second kappa shape index (κ2) is 5.44. The third-order valence-electron chi connectivity index (χ3n) is 3.36. The molecule has 90 valence electrons. The molecule has 0 aromatic carbocycles. The number of hydrogen-bond acceptors (Lipinski definition) is 3. The maximum Gasteiger partial charge on any atom is 0.121 e. The summed E-state index contributed by atoms with van der Waals surface area (Å²) in [6.07, 6.45) is 2.55. The van der Waals surface area contributed by atoms with Crippen molar-refractivity contribution in [3.8, 4) is 6.07 Å². The molecule has 4 heteroatoms. The zero-order valence-electron chi connectivity index (χ0n) is 10.1. The number of aromatic amines is 1. The van der Waals surface area contributed by atoms with E-state index in [0.29, 0.717) is 10.2 Å². The highest BCUT2D eigenvalue weighted by Crippen LogP contribution is 2.17. The molecule has 1 aromatic heterocycles. The van der Waals surface area contributed by atoms with Crippen LogP contribution in [-0.4, -0.2) is 23.0 Å². The Morgan fingerprint density at radius 2 is 2.18 bits per heavy atom. The van der Waals surface area contributed by atoms with Crippen LogP contribution in [-0.2, 0) is 6.54 Å². The number of pyridine rings is 1. The van der Waals surface area contributed by atoms with Crippen molar-refractivity contribution in [2.75, 3.05) is 13.1 Å². The Balaban J connectivity index is 2.02. The number of likely N-dealkylation sites (tertiary alicyclic amines) is 1. The van der Waals surface area contributed by atoms with Crippen LogP contribution in [0, 0.1) is 21.9 Å². The van der Waals surface area contributed by atoms with Crippen LogP contribution >= 0.6 is 12.2 Å². The van der Waals surface area contributed by atoms with Crippen LogP contribution in [0.25, 0.3) is 0 Å². The second-order valence-electron chi connectivity index (χ2n) is 4.80. The second-order valence-corrected chi connectivity index (χ2v) is 5.21. The molecular weight excluding hydrogens is 230 g/mol. The molecule has 1 fully saturated rings. The first-order valence-corrected chi connectivity index (χ1v) is 6.44. The van der Waals surface area contributed by atoms with Gasteiger partial charge in [0.1, 0.15) is 10.7 Å². The number of nitrogens with one attached hydrogen (secondary N) is 1. The van der Waals surface area contributed by atoms with Crippen LogP contribution in [0.3, 0.4) is 0 Å². The molecule has 0 unspecified atom stereocenters. The lowest BCUT2D eigenvalue weighted by Gasteiger charge is -2.29. The van der Waals surface area contributed by atoms with Crippen molar-refractivity contribution in [1.29, 1.82) is 5.26 Å². The van der Waals surface area contributed by atoms with E-state index in [1.165, 1.54) is 12.8 Å². The summed E-state index contributed by atoms with van der Waals surface area (Å²) in [6.45, 7) is 5.53. The van der Waals surface area contributed by atoms with E-state index >= 15 is 0 Å². The van der Waals surface area contributed by atoms with Gasteiger partial charge < -0.3 is 4.98 Å². The largest absolute Gasteiger partial charge is 0.348 e. The van der Waals surface area contributed by atoms with Gasteiger partial charge in [0.2, 0.25) is 0 Å². The van der Waals surface area contributed by atoms with E-state index in [0.717, 1.165) is 31.2 Å². The number of hydrogen-bond donors (Lipinski definition) is 1. The molecule has 1 aliphatic heterocycles. The van der Waals surface area contributed by atoms with E-state index in [1.54, 1.807) is 6.07 Å². The molecule has 1 aliphatic rings. The van der Waals surface area contributed by atoms with Gasteiger partial charge in [-0.3, -0.25) is 4.90 Å². The molecule has 2 heterocycles. The van der Waals surface area contributed by atoms with Gasteiger partial charge in [0.25, 0.3) is 0 Å². The first-order valence-electron chi connectivity index (χ1n) is 6.03. The van der Waals surface area contributed by atoms with Gasteiger partial charge in [-0.2, -0.15) is 5.26 Å². The topological polar surface area (TPSA) is 42.8 Å². The number of piperidine rings is 1. The summed E-state index contributed by atoms with van der Waals surface area (Å²) < 4.78 is 0.551. The molecule has 0 atom stereocenters. The van der Waals surface area contributed by atoms with Crippen molar-refractivity contribution < 1.29 is 0 Å². The van der Waals surface area contributed by atoms with Crippen molar-refractivity contribution in [2.24, 2.45) is 5.92 Å². The van der Waals surface area contributed by atoms with Crippen LogP contribution in [0.2, 0.25) is 0 Å². The number of aromatic nitrogens is 1.